The fourth-order valence-electron chi connectivity index (χ4n) is 3.69. The van der Waals surface area contributed by atoms with E-state index in [1.807, 2.05) is 42.9 Å². The van der Waals surface area contributed by atoms with Gasteiger partial charge >= 0.3 is 0 Å². The van der Waals surface area contributed by atoms with E-state index in [9.17, 15) is 8.42 Å². The smallest absolute Gasteiger partial charge is 0.243 e. The zero-order valence-corrected chi connectivity index (χ0v) is 17.6. The Labute approximate surface area is 172 Å². The molecule has 0 aliphatic carbocycles. The topological polar surface area (TPSA) is 58.4 Å². The molecule has 0 bridgehead atoms. The fourth-order valence-corrected chi connectivity index (χ4v) is 5.42. The normalized spacial score (nSPS) is 16.2. The van der Waals surface area contributed by atoms with E-state index in [1.165, 1.54) is 5.56 Å². The maximum absolute atomic E-state index is 13.1. The lowest BCUT2D eigenvalue weighted by Crippen LogP contribution is -2.48. The largest absolute Gasteiger partial charge is 0.296 e. The number of sulfonamides is 1. The van der Waals surface area contributed by atoms with Crippen LogP contribution >= 0.6 is 0 Å². The number of aromatic nitrogens is 2. The summed E-state index contributed by atoms with van der Waals surface area (Å²) in [5.74, 6) is 0. The Morgan fingerprint density at radius 2 is 1.69 bits per heavy atom. The molecule has 1 aliphatic rings. The van der Waals surface area contributed by atoms with Gasteiger partial charge in [-0.25, -0.2) is 13.1 Å². The minimum Gasteiger partial charge on any atom is -0.296 e. The Bertz CT molecular complexity index is 1070. The highest BCUT2D eigenvalue weighted by Gasteiger charge is 2.29. The Balaban J connectivity index is 1.38. The summed E-state index contributed by atoms with van der Waals surface area (Å²) in [5.41, 5.74) is 4.01. The predicted molar refractivity (Wildman–Crippen MR) is 114 cm³/mol. The van der Waals surface area contributed by atoms with Crippen LogP contribution in [0.15, 0.2) is 65.8 Å². The van der Waals surface area contributed by atoms with Gasteiger partial charge in [0.25, 0.3) is 0 Å². The molecule has 0 unspecified atom stereocenters. The number of benzene rings is 2. The average Bonchev–Trinajstić information content (AvgIpc) is 3.26. The van der Waals surface area contributed by atoms with Gasteiger partial charge in [-0.05, 0) is 54.8 Å². The minimum atomic E-state index is -3.45. The van der Waals surface area contributed by atoms with Gasteiger partial charge in [-0.3, -0.25) is 4.90 Å². The van der Waals surface area contributed by atoms with Gasteiger partial charge in [0.2, 0.25) is 10.0 Å². The fraction of sp³-hybridized carbons (Fsp3) is 0.318. The lowest BCUT2D eigenvalue weighted by Gasteiger charge is -2.34. The van der Waals surface area contributed by atoms with Crippen molar-refractivity contribution in [3.05, 3.63) is 77.6 Å². The molecule has 0 N–H and O–H groups in total. The number of piperazine rings is 1. The average molecular weight is 411 g/mol. The maximum Gasteiger partial charge on any atom is 0.243 e. The van der Waals surface area contributed by atoms with Crippen molar-refractivity contribution in [2.45, 2.75) is 25.3 Å². The molecule has 2 heterocycles. The van der Waals surface area contributed by atoms with Crippen LogP contribution in [0.2, 0.25) is 0 Å². The van der Waals surface area contributed by atoms with Crippen molar-refractivity contribution in [3.63, 3.8) is 0 Å². The second-order valence-corrected chi connectivity index (χ2v) is 9.47. The van der Waals surface area contributed by atoms with Crippen molar-refractivity contribution in [3.8, 4) is 5.69 Å². The summed E-state index contributed by atoms with van der Waals surface area (Å²) in [6.07, 6.45) is 3.68. The predicted octanol–water partition coefficient (Wildman–Crippen LogP) is 3.00. The van der Waals surface area contributed by atoms with Gasteiger partial charge in [-0.15, -0.1) is 0 Å². The monoisotopic (exact) mass is 410 g/mol. The van der Waals surface area contributed by atoms with Crippen LogP contribution in [0.4, 0.5) is 0 Å². The lowest BCUT2D eigenvalue weighted by molar-refractivity contribution is 0.181. The van der Waals surface area contributed by atoms with Crippen molar-refractivity contribution >= 4 is 10.0 Å². The highest BCUT2D eigenvalue weighted by atomic mass is 32.2. The molecule has 0 radical (unpaired) electrons. The Hall–Kier alpha value is -2.48. The molecule has 3 aromatic rings. The van der Waals surface area contributed by atoms with E-state index in [0.717, 1.165) is 36.4 Å². The third-order valence-corrected chi connectivity index (χ3v) is 7.44. The van der Waals surface area contributed by atoms with Crippen molar-refractivity contribution in [1.82, 2.24) is 19.0 Å². The minimum absolute atomic E-state index is 0.431. The van der Waals surface area contributed by atoms with Crippen LogP contribution in [0, 0.1) is 13.8 Å². The van der Waals surface area contributed by atoms with Crippen molar-refractivity contribution in [2.75, 3.05) is 26.2 Å². The molecule has 4 rings (SSSR count). The first-order valence-corrected chi connectivity index (χ1v) is 11.3. The number of hydrogen-bond donors (Lipinski definition) is 0. The van der Waals surface area contributed by atoms with Gasteiger partial charge in [-0.2, -0.15) is 9.40 Å². The molecule has 0 amide bonds. The SMILES string of the molecule is Cc1ccc(C)c(S(=O)(=O)N2CCN(Cc3ccc(-n4cccn4)cc3)CC2)c1. The third-order valence-electron chi connectivity index (χ3n) is 5.40. The van der Waals surface area contributed by atoms with E-state index >= 15 is 0 Å². The summed E-state index contributed by atoms with van der Waals surface area (Å²) >= 11 is 0. The highest BCUT2D eigenvalue weighted by Crippen LogP contribution is 2.23. The quantitative estimate of drug-likeness (QED) is 0.649. The van der Waals surface area contributed by atoms with Gasteiger partial charge in [0.05, 0.1) is 10.6 Å². The molecule has 6 nitrogen and oxygen atoms in total. The molecule has 1 saturated heterocycles. The number of hydrogen-bond acceptors (Lipinski definition) is 4. The number of nitrogens with zero attached hydrogens (tertiary/aromatic N) is 4. The number of aryl methyl sites for hydroxylation is 2. The van der Waals surface area contributed by atoms with Crippen LogP contribution in [0.25, 0.3) is 5.69 Å². The molecule has 1 fully saturated rings. The van der Waals surface area contributed by atoms with Gasteiger partial charge in [0, 0.05) is 45.1 Å². The van der Waals surface area contributed by atoms with Gasteiger partial charge in [0.15, 0.2) is 0 Å². The molecule has 7 heteroatoms. The first-order chi connectivity index (χ1) is 13.9. The van der Waals surface area contributed by atoms with E-state index in [1.54, 1.807) is 16.6 Å². The van der Waals surface area contributed by atoms with Crippen molar-refractivity contribution in [2.24, 2.45) is 0 Å². The van der Waals surface area contributed by atoms with Crippen molar-refractivity contribution < 1.29 is 8.42 Å². The van der Waals surface area contributed by atoms with Crippen LogP contribution in [-0.4, -0.2) is 53.6 Å². The molecule has 29 heavy (non-hydrogen) atoms. The summed E-state index contributed by atoms with van der Waals surface area (Å²) in [6, 6.07) is 15.8. The van der Waals surface area contributed by atoms with Crippen LogP contribution in [0.5, 0.6) is 0 Å². The Morgan fingerprint density at radius 3 is 2.34 bits per heavy atom. The van der Waals surface area contributed by atoms with Crippen LogP contribution in [0.3, 0.4) is 0 Å². The van der Waals surface area contributed by atoms with Gasteiger partial charge < -0.3 is 0 Å². The molecule has 1 aliphatic heterocycles. The first-order valence-electron chi connectivity index (χ1n) is 9.82. The zero-order chi connectivity index (χ0) is 20.4. The molecule has 1 aromatic heterocycles. The number of rotatable bonds is 5. The highest BCUT2D eigenvalue weighted by molar-refractivity contribution is 7.89. The molecule has 0 spiro atoms. The Kier molecular flexibility index (Phi) is 5.54. The third kappa shape index (κ3) is 4.27. The molecule has 0 saturated carbocycles. The van der Waals surface area contributed by atoms with E-state index in [-0.39, 0.29) is 0 Å². The molecule has 152 valence electrons. The summed E-state index contributed by atoms with van der Waals surface area (Å²) in [6.45, 7) is 7.08. The van der Waals surface area contributed by atoms with Gasteiger partial charge in [-0.1, -0.05) is 24.3 Å². The Morgan fingerprint density at radius 1 is 0.966 bits per heavy atom. The molecular formula is C22H26N4O2S. The van der Waals surface area contributed by atoms with E-state index in [2.05, 4.69) is 34.3 Å². The molecule has 0 atom stereocenters. The van der Waals surface area contributed by atoms with Crippen LogP contribution in [-0.2, 0) is 16.6 Å². The van der Waals surface area contributed by atoms with E-state index in [4.69, 9.17) is 0 Å². The lowest BCUT2D eigenvalue weighted by atomic mass is 10.2. The summed E-state index contributed by atoms with van der Waals surface area (Å²) in [5, 5.41) is 4.24. The standard InChI is InChI=1S/C22H26N4O2S/c1-18-4-5-19(2)22(16-18)29(27,28)25-14-12-24(13-15-25)17-20-6-8-21(9-7-20)26-11-3-10-23-26/h3-11,16H,12-15,17H2,1-2H3. The molecule has 2 aromatic carbocycles. The second kappa shape index (κ2) is 8.10. The summed E-state index contributed by atoms with van der Waals surface area (Å²) < 4.78 is 29.6. The van der Waals surface area contributed by atoms with Crippen LogP contribution < -0.4 is 0 Å². The van der Waals surface area contributed by atoms with Crippen LogP contribution in [0.1, 0.15) is 16.7 Å². The van der Waals surface area contributed by atoms with E-state index in [0.29, 0.717) is 18.0 Å². The summed E-state index contributed by atoms with van der Waals surface area (Å²) in [4.78, 5) is 2.73. The first kappa shape index (κ1) is 19.8. The molecular weight excluding hydrogens is 384 g/mol. The van der Waals surface area contributed by atoms with E-state index < -0.39 is 10.0 Å². The zero-order valence-electron chi connectivity index (χ0n) is 16.8. The van der Waals surface area contributed by atoms with Crippen molar-refractivity contribution in [1.29, 1.82) is 0 Å². The summed E-state index contributed by atoms with van der Waals surface area (Å²) in [7, 11) is -3.45. The maximum atomic E-state index is 13.1. The van der Waals surface area contributed by atoms with Gasteiger partial charge in [0.1, 0.15) is 0 Å². The second-order valence-electron chi connectivity index (χ2n) is 7.57.